The lowest BCUT2D eigenvalue weighted by Gasteiger charge is -2.10. The number of hydrogen-bond donors (Lipinski definition) is 1. The minimum atomic E-state index is -1.34. The van der Waals surface area contributed by atoms with Crippen molar-refractivity contribution in [3.63, 3.8) is 0 Å². The minimum absolute atomic E-state index is 0.186. The summed E-state index contributed by atoms with van der Waals surface area (Å²) in [4.78, 5) is 25.7. The molecule has 0 aliphatic rings. The molecule has 0 radical (unpaired) electrons. The second-order valence-corrected chi connectivity index (χ2v) is 4.71. The number of rotatable bonds is 5. The van der Waals surface area contributed by atoms with Gasteiger partial charge in [0.15, 0.2) is 0 Å². The monoisotopic (exact) mass is 306 g/mol. The minimum Gasteiger partial charge on any atom is -0.477 e. The number of aromatic carboxylic acids is 1. The molecule has 0 aliphatic heterocycles. The number of thioether (sulfide) groups is 1. The van der Waals surface area contributed by atoms with E-state index >= 15 is 0 Å². The molecule has 0 bridgehead atoms. The van der Waals surface area contributed by atoms with Crippen molar-refractivity contribution in [1.29, 1.82) is 0 Å². The normalized spacial score (nSPS) is 10.1. The maximum Gasteiger partial charge on any atom is 0.341 e. The molecule has 1 N–H and O–H groups in total. The highest BCUT2D eigenvalue weighted by atomic mass is 32.2. The molecule has 2 rings (SSSR count). The van der Waals surface area contributed by atoms with Crippen LogP contribution in [0, 0.1) is 10.1 Å². The van der Waals surface area contributed by atoms with Crippen molar-refractivity contribution in [2.24, 2.45) is 0 Å². The smallest absolute Gasteiger partial charge is 0.341 e. The Morgan fingerprint density at radius 2 is 2.14 bits per heavy atom. The van der Waals surface area contributed by atoms with Crippen LogP contribution in [-0.2, 0) is 0 Å². The number of hydrogen-bond acceptors (Lipinski definition) is 6. The maximum atomic E-state index is 11.2. The fourth-order valence-electron chi connectivity index (χ4n) is 1.58. The van der Waals surface area contributed by atoms with Crippen molar-refractivity contribution in [3.8, 4) is 11.6 Å². The highest BCUT2D eigenvalue weighted by Crippen LogP contribution is 2.32. The molecule has 1 aromatic carbocycles. The molecule has 8 heteroatoms. The van der Waals surface area contributed by atoms with E-state index in [0.717, 1.165) is 17.2 Å². The van der Waals surface area contributed by atoms with E-state index in [1.807, 2.05) is 18.4 Å². The molecule has 21 heavy (non-hydrogen) atoms. The van der Waals surface area contributed by atoms with Gasteiger partial charge in [-0.25, -0.2) is 9.78 Å². The number of carbonyl (C=O) groups is 1. The van der Waals surface area contributed by atoms with Crippen LogP contribution in [0.25, 0.3) is 0 Å². The van der Waals surface area contributed by atoms with Crippen molar-refractivity contribution in [2.75, 3.05) is 6.26 Å². The number of carboxylic acid groups (broad SMARTS) is 1. The molecule has 0 amide bonds. The molecule has 0 spiro atoms. The Balaban J connectivity index is 2.44. The summed E-state index contributed by atoms with van der Waals surface area (Å²) >= 11 is 1.43. The van der Waals surface area contributed by atoms with E-state index in [9.17, 15) is 14.9 Å². The molecular weight excluding hydrogens is 296 g/mol. The molecule has 1 heterocycles. The van der Waals surface area contributed by atoms with Crippen LogP contribution in [0.5, 0.6) is 11.6 Å². The van der Waals surface area contributed by atoms with E-state index in [-0.39, 0.29) is 11.4 Å². The Labute approximate surface area is 123 Å². The fourth-order valence-corrected chi connectivity index (χ4v) is 2.11. The van der Waals surface area contributed by atoms with Crippen LogP contribution >= 0.6 is 11.8 Å². The summed E-state index contributed by atoms with van der Waals surface area (Å²) in [5, 5.41) is 19.8. The third-order valence-corrected chi connectivity index (χ3v) is 3.33. The van der Waals surface area contributed by atoms with Gasteiger partial charge in [-0.3, -0.25) is 10.1 Å². The van der Waals surface area contributed by atoms with Crippen LogP contribution in [0.4, 0.5) is 5.69 Å². The molecule has 108 valence electrons. The predicted molar refractivity (Wildman–Crippen MR) is 76.1 cm³/mol. The largest absolute Gasteiger partial charge is 0.477 e. The van der Waals surface area contributed by atoms with Crippen LogP contribution in [0.3, 0.4) is 0 Å². The number of pyridine rings is 1. The fraction of sp³-hybridized carbons (Fsp3) is 0.0769. The SMILES string of the molecule is CSc1ccccc1Oc1ncc([N+](=O)[O-])cc1C(=O)O. The van der Waals surface area contributed by atoms with Crippen molar-refractivity contribution >= 4 is 23.4 Å². The molecule has 0 unspecified atom stereocenters. The standard InChI is InChI=1S/C13H10N2O5S/c1-21-11-5-3-2-4-10(11)20-12-9(13(16)17)6-8(7-14-12)15(18)19/h2-7H,1H3,(H,16,17). The quantitative estimate of drug-likeness (QED) is 0.514. The Kier molecular flexibility index (Phi) is 4.39. The molecule has 0 saturated heterocycles. The molecule has 0 atom stereocenters. The number of ether oxygens (including phenoxy) is 1. The summed E-state index contributed by atoms with van der Waals surface area (Å²) in [6, 6.07) is 7.96. The first-order valence-electron chi connectivity index (χ1n) is 5.71. The number of nitrogens with zero attached hydrogens (tertiary/aromatic N) is 2. The van der Waals surface area contributed by atoms with E-state index < -0.39 is 16.6 Å². The van der Waals surface area contributed by atoms with Crippen molar-refractivity contribution in [3.05, 3.63) is 52.2 Å². The predicted octanol–water partition coefficient (Wildman–Crippen LogP) is 3.20. The summed E-state index contributed by atoms with van der Waals surface area (Å²) < 4.78 is 5.49. The molecule has 0 aliphatic carbocycles. The van der Waals surface area contributed by atoms with Gasteiger partial charge in [0.05, 0.1) is 4.92 Å². The number of para-hydroxylation sites is 1. The molecule has 2 aromatic rings. The van der Waals surface area contributed by atoms with Gasteiger partial charge in [-0.05, 0) is 18.4 Å². The zero-order valence-corrected chi connectivity index (χ0v) is 11.7. The van der Waals surface area contributed by atoms with Gasteiger partial charge in [0.1, 0.15) is 17.5 Å². The highest BCUT2D eigenvalue weighted by molar-refractivity contribution is 7.98. The average Bonchev–Trinajstić information content (AvgIpc) is 2.47. The van der Waals surface area contributed by atoms with Gasteiger partial charge < -0.3 is 9.84 Å². The van der Waals surface area contributed by atoms with Gasteiger partial charge in [0.25, 0.3) is 5.69 Å². The van der Waals surface area contributed by atoms with E-state index in [1.165, 1.54) is 11.8 Å². The second kappa shape index (κ2) is 6.23. The van der Waals surface area contributed by atoms with E-state index in [1.54, 1.807) is 12.1 Å². The van der Waals surface area contributed by atoms with Gasteiger partial charge in [-0.1, -0.05) is 12.1 Å². The lowest BCUT2D eigenvalue weighted by atomic mass is 10.2. The second-order valence-electron chi connectivity index (χ2n) is 3.86. The zero-order valence-electron chi connectivity index (χ0n) is 10.8. The molecule has 0 fully saturated rings. The third kappa shape index (κ3) is 3.29. The molecule has 7 nitrogen and oxygen atoms in total. The first-order valence-corrected chi connectivity index (χ1v) is 6.94. The highest BCUT2D eigenvalue weighted by Gasteiger charge is 2.19. The first-order chi connectivity index (χ1) is 10.0. The van der Waals surface area contributed by atoms with Crippen LogP contribution in [0.15, 0.2) is 41.4 Å². The van der Waals surface area contributed by atoms with E-state index in [0.29, 0.717) is 5.75 Å². The lowest BCUT2D eigenvalue weighted by Crippen LogP contribution is -2.04. The van der Waals surface area contributed by atoms with Gasteiger partial charge in [0, 0.05) is 11.0 Å². The van der Waals surface area contributed by atoms with Crippen LogP contribution in [0.1, 0.15) is 10.4 Å². The van der Waals surface area contributed by atoms with Crippen LogP contribution in [-0.4, -0.2) is 27.2 Å². The van der Waals surface area contributed by atoms with E-state index in [4.69, 9.17) is 9.84 Å². The topological polar surface area (TPSA) is 103 Å². The molecule has 1 aromatic heterocycles. The molecular formula is C13H10N2O5S. The summed E-state index contributed by atoms with van der Waals surface area (Å²) in [5.41, 5.74) is -0.766. The van der Waals surface area contributed by atoms with Crippen molar-refractivity contribution < 1.29 is 19.6 Å². The maximum absolute atomic E-state index is 11.2. The number of benzene rings is 1. The number of aromatic nitrogens is 1. The Morgan fingerprint density at radius 3 is 2.76 bits per heavy atom. The Hall–Kier alpha value is -2.61. The zero-order chi connectivity index (χ0) is 15.4. The number of nitro groups is 1. The van der Waals surface area contributed by atoms with Crippen LogP contribution in [0.2, 0.25) is 0 Å². The van der Waals surface area contributed by atoms with Gasteiger partial charge in [-0.2, -0.15) is 0 Å². The van der Waals surface area contributed by atoms with Crippen molar-refractivity contribution in [1.82, 2.24) is 4.98 Å². The summed E-state index contributed by atoms with van der Waals surface area (Å²) in [7, 11) is 0. The van der Waals surface area contributed by atoms with Gasteiger partial charge in [-0.15, -0.1) is 11.8 Å². The third-order valence-electron chi connectivity index (χ3n) is 2.55. The van der Waals surface area contributed by atoms with Crippen molar-refractivity contribution in [2.45, 2.75) is 4.90 Å². The Morgan fingerprint density at radius 1 is 1.43 bits per heavy atom. The van der Waals surface area contributed by atoms with Gasteiger partial charge in [0.2, 0.25) is 5.88 Å². The van der Waals surface area contributed by atoms with E-state index in [2.05, 4.69) is 4.98 Å². The van der Waals surface area contributed by atoms with Gasteiger partial charge >= 0.3 is 5.97 Å². The van der Waals surface area contributed by atoms with Crippen LogP contribution < -0.4 is 4.74 Å². The Bertz CT molecular complexity index is 705. The summed E-state index contributed by atoms with van der Waals surface area (Å²) in [6.45, 7) is 0. The summed E-state index contributed by atoms with van der Waals surface area (Å²) in [5.74, 6) is -1.09. The average molecular weight is 306 g/mol. The first kappa shape index (κ1) is 14.8. The lowest BCUT2D eigenvalue weighted by molar-refractivity contribution is -0.385. The summed E-state index contributed by atoms with van der Waals surface area (Å²) in [6.07, 6.45) is 2.81. The molecule has 0 saturated carbocycles. The number of carboxylic acids is 1.